The van der Waals surface area contributed by atoms with E-state index in [0.717, 1.165) is 17.0 Å². The van der Waals surface area contributed by atoms with Gasteiger partial charge in [-0.3, -0.25) is 4.79 Å². The van der Waals surface area contributed by atoms with E-state index in [4.69, 9.17) is 9.84 Å². The average Bonchev–Trinajstić information content (AvgIpc) is 2.32. The Labute approximate surface area is 102 Å². The van der Waals surface area contributed by atoms with Crippen LogP contribution in [0.5, 0.6) is 5.75 Å². The summed E-state index contributed by atoms with van der Waals surface area (Å²) in [7, 11) is 1.61. The molecule has 0 saturated heterocycles. The number of anilines is 1. The summed E-state index contributed by atoms with van der Waals surface area (Å²) in [5.41, 5.74) is 1.78. The van der Waals surface area contributed by atoms with Crippen LogP contribution < -0.4 is 10.1 Å². The third kappa shape index (κ3) is 4.44. The number of hydrogen-bond donors (Lipinski definition) is 2. The van der Waals surface area contributed by atoms with E-state index < -0.39 is 0 Å². The van der Waals surface area contributed by atoms with Crippen molar-refractivity contribution in [2.24, 2.45) is 0 Å². The summed E-state index contributed by atoms with van der Waals surface area (Å²) >= 11 is 0. The van der Waals surface area contributed by atoms with Crippen LogP contribution in [-0.2, 0) is 4.79 Å². The smallest absolute Gasteiger partial charge is 0.224 e. The zero-order valence-electron chi connectivity index (χ0n) is 10.3. The first-order valence-corrected chi connectivity index (χ1v) is 5.72. The van der Waals surface area contributed by atoms with E-state index in [1.165, 1.54) is 0 Å². The Morgan fingerprint density at radius 2 is 2.18 bits per heavy atom. The lowest BCUT2D eigenvalue weighted by Crippen LogP contribution is -2.12. The third-order valence-corrected chi connectivity index (χ3v) is 2.52. The van der Waals surface area contributed by atoms with Gasteiger partial charge in [-0.15, -0.1) is 0 Å². The van der Waals surface area contributed by atoms with Crippen molar-refractivity contribution >= 4 is 11.6 Å². The Morgan fingerprint density at radius 1 is 1.41 bits per heavy atom. The first kappa shape index (κ1) is 13.5. The molecule has 1 aromatic rings. The zero-order chi connectivity index (χ0) is 12.7. The van der Waals surface area contributed by atoms with E-state index in [1.807, 2.05) is 25.1 Å². The van der Waals surface area contributed by atoms with E-state index in [0.29, 0.717) is 19.3 Å². The molecule has 0 aromatic heterocycles. The molecule has 94 valence electrons. The van der Waals surface area contributed by atoms with E-state index >= 15 is 0 Å². The highest BCUT2D eigenvalue weighted by Gasteiger charge is 2.05. The predicted octanol–water partition coefficient (Wildman–Crippen LogP) is 2.10. The predicted molar refractivity (Wildman–Crippen MR) is 67.3 cm³/mol. The van der Waals surface area contributed by atoms with Crippen LogP contribution in [0.25, 0.3) is 0 Å². The van der Waals surface area contributed by atoms with E-state index in [1.54, 1.807) is 7.11 Å². The number of aliphatic hydroxyl groups excluding tert-OH is 1. The largest absolute Gasteiger partial charge is 0.497 e. The van der Waals surface area contributed by atoms with Crippen LogP contribution in [0.15, 0.2) is 18.2 Å². The van der Waals surface area contributed by atoms with Crippen molar-refractivity contribution < 1.29 is 14.6 Å². The highest BCUT2D eigenvalue weighted by Crippen LogP contribution is 2.21. The highest BCUT2D eigenvalue weighted by atomic mass is 16.5. The molecule has 4 heteroatoms. The number of rotatable bonds is 6. The molecule has 1 amide bonds. The van der Waals surface area contributed by atoms with Gasteiger partial charge in [0, 0.05) is 18.7 Å². The van der Waals surface area contributed by atoms with Gasteiger partial charge < -0.3 is 15.2 Å². The van der Waals surface area contributed by atoms with Crippen molar-refractivity contribution in [3.63, 3.8) is 0 Å². The highest BCUT2D eigenvalue weighted by molar-refractivity contribution is 5.91. The molecule has 0 heterocycles. The minimum absolute atomic E-state index is 0.0216. The number of amides is 1. The molecule has 0 bridgehead atoms. The maximum absolute atomic E-state index is 11.6. The van der Waals surface area contributed by atoms with Crippen molar-refractivity contribution in [3.05, 3.63) is 23.8 Å². The summed E-state index contributed by atoms with van der Waals surface area (Å²) in [5.74, 6) is 0.757. The number of nitrogens with one attached hydrogen (secondary N) is 1. The Kier molecular flexibility index (Phi) is 5.49. The fourth-order valence-electron chi connectivity index (χ4n) is 1.51. The van der Waals surface area contributed by atoms with Crippen LogP contribution in [0.4, 0.5) is 5.69 Å². The minimum atomic E-state index is -0.0216. The van der Waals surface area contributed by atoms with Crippen molar-refractivity contribution in [3.8, 4) is 5.75 Å². The molecule has 0 aliphatic carbocycles. The number of methoxy groups -OCH3 is 1. The van der Waals surface area contributed by atoms with Gasteiger partial charge >= 0.3 is 0 Å². The molecule has 0 fully saturated rings. The van der Waals surface area contributed by atoms with Gasteiger partial charge in [-0.2, -0.15) is 0 Å². The molecule has 0 spiro atoms. The third-order valence-electron chi connectivity index (χ3n) is 2.52. The van der Waals surface area contributed by atoms with Crippen molar-refractivity contribution in [2.75, 3.05) is 19.0 Å². The van der Waals surface area contributed by atoms with Crippen LogP contribution in [0, 0.1) is 6.92 Å². The number of aryl methyl sites for hydroxylation is 1. The normalized spacial score (nSPS) is 10.1. The molecule has 17 heavy (non-hydrogen) atoms. The van der Waals surface area contributed by atoms with E-state index in [9.17, 15) is 4.79 Å². The lowest BCUT2D eigenvalue weighted by Gasteiger charge is -2.09. The number of hydrogen-bond acceptors (Lipinski definition) is 3. The number of benzene rings is 1. The van der Waals surface area contributed by atoms with Crippen LogP contribution in [0.3, 0.4) is 0 Å². The maximum atomic E-state index is 11.6. The van der Waals surface area contributed by atoms with Gasteiger partial charge in [-0.25, -0.2) is 0 Å². The van der Waals surface area contributed by atoms with Gasteiger partial charge in [0.15, 0.2) is 0 Å². The molecule has 0 aliphatic heterocycles. The Morgan fingerprint density at radius 3 is 2.76 bits per heavy atom. The first-order chi connectivity index (χ1) is 8.17. The van der Waals surface area contributed by atoms with Crippen LogP contribution in [0.2, 0.25) is 0 Å². The number of carbonyl (C=O) groups is 1. The number of carbonyl (C=O) groups excluding carboxylic acids is 1. The molecule has 4 nitrogen and oxygen atoms in total. The molecule has 0 aliphatic rings. The van der Waals surface area contributed by atoms with Crippen molar-refractivity contribution in [1.29, 1.82) is 0 Å². The molecular formula is C13H19NO3. The summed E-state index contributed by atoms with van der Waals surface area (Å²) in [4.78, 5) is 11.6. The van der Waals surface area contributed by atoms with Gasteiger partial charge in [0.25, 0.3) is 0 Å². The average molecular weight is 237 g/mol. The summed E-state index contributed by atoms with van der Waals surface area (Å²) in [6, 6.07) is 5.53. The lowest BCUT2D eigenvalue weighted by molar-refractivity contribution is -0.116. The molecule has 0 unspecified atom stereocenters. The van der Waals surface area contributed by atoms with Crippen molar-refractivity contribution in [2.45, 2.75) is 26.2 Å². The van der Waals surface area contributed by atoms with Gasteiger partial charge in [-0.1, -0.05) is 0 Å². The van der Waals surface area contributed by atoms with Gasteiger partial charge in [0.1, 0.15) is 5.75 Å². The Balaban J connectivity index is 2.53. The minimum Gasteiger partial charge on any atom is -0.497 e. The van der Waals surface area contributed by atoms with Crippen LogP contribution >= 0.6 is 0 Å². The van der Waals surface area contributed by atoms with Gasteiger partial charge in [0.05, 0.1) is 7.11 Å². The van der Waals surface area contributed by atoms with E-state index in [-0.39, 0.29) is 12.5 Å². The number of aliphatic hydroxyl groups is 1. The SMILES string of the molecule is COc1ccc(NC(=O)CCCCO)c(C)c1. The second-order valence-electron chi connectivity index (χ2n) is 3.91. The number of ether oxygens (including phenoxy) is 1. The van der Waals surface area contributed by atoms with Crippen molar-refractivity contribution in [1.82, 2.24) is 0 Å². The first-order valence-electron chi connectivity index (χ1n) is 5.72. The van der Waals surface area contributed by atoms with E-state index in [2.05, 4.69) is 5.32 Å². The fourth-order valence-corrected chi connectivity index (χ4v) is 1.51. The van der Waals surface area contributed by atoms with Gasteiger partial charge in [-0.05, 0) is 43.5 Å². The second-order valence-corrected chi connectivity index (χ2v) is 3.91. The maximum Gasteiger partial charge on any atom is 0.224 e. The van der Waals surface area contributed by atoms with Crippen LogP contribution in [-0.4, -0.2) is 24.7 Å². The number of unbranched alkanes of at least 4 members (excludes halogenated alkanes) is 1. The molecule has 2 N–H and O–H groups in total. The van der Waals surface area contributed by atoms with Gasteiger partial charge in [0.2, 0.25) is 5.91 Å². The standard InChI is InChI=1S/C13H19NO3/c1-10-9-11(17-2)6-7-12(10)14-13(16)5-3-4-8-15/h6-7,9,15H,3-5,8H2,1-2H3,(H,14,16). The second kappa shape index (κ2) is 6.91. The Hall–Kier alpha value is -1.55. The monoisotopic (exact) mass is 237 g/mol. The fraction of sp³-hybridized carbons (Fsp3) is 0.462. The topological polar surface area (TPSA) is 58.6 Å². The molecule has 1 aromatic carbocycles. The molecule has 0 atom stereocenters. The molecule has 0 radical (unpaired) electrons. The van der Waals surface area contributed by atoms with Crippen LogP contribution in [0.1, 0.15) is 24.8 Å². The molecule has 1 rings (SSSR count). The summed E-state index contributed by atoms with van der Waals surface area (Å²) in [6.45, 7) is 2.06. The summed E-state index contributed by atoms with van der Waals surface area (Å²) < 4.78 is 5.09. The summed E-state index contributed by atoms with van der Waals surface area (Å²) in [5, 5.41) is 11.5. The summed E-state index contributed by atoms with van der Waals surface area (Å²) in [6.07, 6.45) is 1.80. The molecular weight excluding hydrogens is 218 g/mol. The zero-order valence-corrected chi connectivity index (χ0v) is 10.3. The quantitative estimate of drug-likeness (QED) is 0.745. The lowest BCUT2D eigenvalue weighted by atomic mass is 10.1. The molecule has 0 saturated carbocycles. The Bertz CT molecular complexity index is 377.